The van der Waals surface area contributed by atoms with E-state index in [9.17, 15) is 0 Å². The second kappa shape index (κ2) is 6.19. The van der Waals surface area contributed by atoms with Gasteiger partial charge in [-0.25, -0.2) is 0 Å². The van der Waals surface area contributed by atoms with Crippen LogP contribution in [0.25, 0.3) is 0 Å². The van der Waals surface area contributed by atoms with Crippen molar-refractivity contribution in [1.29, 1.82) is 0 Å². The van der Waals surface area contributed by atoms with E-state index in [1.807, 2.05) is 12.1 Å². The van der Waals surface area contributed by atoms with Gasteiger partial charge in [0.15, 0.2) is 4.67 Å². The summed E-state index contributed by atoms with van der Waals surface area (Å²) in [5.41, 5.74) is 5.93. The Bertz CT molecular complexity index is 382. The number of nitrogens with two attached hydrogens (primary N) is 1. The highest BCUT2D eigenvalue weighted by Gasteiger charge is 2.28. The van der Waals surface area contributed by atoms with E-state index in [1.165, 1.54) is 19.4 Å². The van der Waals surface area contributed by atoms with Crippen LogP contribution in [0.1, 0.15) is 24.6 Å². The molecule has 2 atom stereocenters. The maximum absolute atomic E-state index is 5.93. The fourth-order valence-electron chi connectivity index (χ4n) is 2.72. The monoisotopic (exact) mass is 315 g/mol. The van der Waals surface area contributed by atoms with Gasteiger partial charge >= 0.3 is 0 Å². The van der Waals surface area contributed by atoms with Gasteiger partial charge in [0.1, 0.15) is 5.76 Å². The summed E-state index contributed by atoms with van der Waals surface area (Å²) in [5.74, 6) is 0.945. The fraction of sp³-hybridized carbons (Fsp3) is 0.692. The number of piperidine rings is 1. The number of nitrogens with zero attached hydrogens (tertiary/aromatic N) is 2. The average molecular weight is 316 g/mol. The van der Waals surface area contributed by atoms with E-state index < -0.39 is 0 Å². The largest absolute Gasteiger partial charge is 0.453 e. The molecule has 1 aliphatic heterocycles. The molecule has 1 aromatic rings. The number of hydrogen-bond donors (Lipinski definition) is 1. The summed E-state index contributed by atoms with van der Waals surface area (Å²) in [4.78, 5) is 4.75. The van der Waals surface area contributed by atoms with E-state index in [2.05, 4.69) is 39.8 Å². The van der Waals surface area contributed by atoms with Crippen molar-refractivity contribution in [2.45, 2.75) is 24.9 Å². The Kier molecular flexibility index (Phi) is 4.84. The minimum Gasteiger partial charge on any atom is -0.453 e. The van der Waals surface area contributed by atoms with Gasteiger partial charge in [-0.2, -0.15) is 0 Å². The molecule has 0 radical (unpaired) electrons. The second-order valence-electron chi connectivity index (χ2n) is 5.12. The topological polar surface area (TPSA) is 45.6 Å². The lowest BCUT2D eigenvalue weighted by Crippen LogP contribution is -2.47. The van der Waals surface area contributed by atoms with E-state index in [0.29, 0.717) is 12.6 Å². The Morgan fingerprint density at radius 3 is 2.94 bits per heavy atom. The maximum atomic E-state index is 5.93. The van der Waals surface area contributed by atoms with Crippen LogP contribution >= 0.6 is 15.9 Å². The van der Waals surface area contributed by atoms with Crippen molar-refractivity contribution in [3.05, 3.63) is 22.6 Å². The molecule has 0 amide bonds. The molecule has 4 nitrogen and oxygen atoms in total. The van der Waals surface area contributed by atoms with E-state index in [1.54, 1.807) is 0 Å². The van der Waals surface area contributed by atoms with Gasteiger partial charge in [0.25, 0.3) is 0 Å². The summed E-state index contributed by atoms with van der Waals surface area (Å²) in [7, 11) is 4.33. The minimum atomic E-state index is 0.160. The highest BCUT2D eigenvalue weighted by Crippen LogP contribution is 2.27. The molecular weight excluding hydrogens is 294 g/mol. The van der Waals surface area contributed by atoms with Crippen molar-refractivity contribution in [3.8, 4) is 0 Å². The first-order chi connectivity index (χ1) is 8.61. The number of rotatable bonds is 4. The molecule has 0 aromatic carbocycles. The molecule has 1 fully saturated rings. The summed E-state index contributed by atoms with van der Waals surface area (Å²) in [6, 6.07) is 4.65. The molecule has 0 spiro atoms. The lowest BCUT2D eigenvalue weighted by Gasteiger charge is -2.39. The van der Waals surface area contributed by atoms with Crippen molar-refractivity contribution in [3.63, 3.8) is 0 Å². The molecule has 102 valence electrons. The van der Waals surface area contributed by atoms with Crippen LogP contribution in [-0.4, -0.2) is 49.6 Å². The van der Waals surface area contributed by atoms with Crippen LogP contribution in [-0.2, 0) is 0 Å². The predicted molar refractivity (Wildman–Crippen MR) is 76.5 cm³/mol. The number of furan rings is 1. The van der Waals surface area contributed by atoms with Gasteiger partial charge in [0.2, 0.25) is 0 Å². The van der Waals surface area contributed by atoms with Gasteiger partial charge in [-0.1, -0.05) is 0 Å². The Hall–Kier alpha value is -0.360. The minimum absolute atomic E-state index is 0.160. The van der Waals surface area contributed by atoms with Crippen LogP contribution in [0, 0.1) is 0 Å². The van der Waals surface area contributed by atoms with Crippen LogP contribution in [0.3, 0.4) is 0 Å². The SMILES string of the molecule is CN1CCCC(N(C)C(CN)c2ccc(Br)o2)C1. The first-order valence-electron chi connectivity index (χ1n) is 6.47. The van der Waals surface area contributed by atoms with Crippen LogP contribution in [0.4, 0.5) is 0 Å². The van der Waals surface area contributed by atoms with E-state index in [0.717, 1.165) is 17.0 Å². The molecule has 18 heavy (non-hydrogen) atoms. The normalized spacial score (nSPS) is 23.5. The van der Waals surface area contributed by atoms with Crippen molar-refractivity contribution < 1.29 is 4.42 Å². The Morgan fingerprint density at radius 1 is 1.61 bits per heavy atom. The van der Waals surface area contributed by atoms with Crippen LogP contribution in [0.5, 0.6) is 0 Å². The molecule has 0 aliphatic carbocycles. The lowest BCUT2D eigenvalue weighted by molar-refractivity contribution is 0.0916. The number of likely N-dealkylation sites (N-methyl/N-ethyl adjacent to an activating group) is 2. The zero-order valence-electron chi connectivity index (χ0n) is 11.1. The van der Waals surface area contributed by atoms with E-state index in [-0.39, 0.29) is 6.04 Å². The third-order valence-corrected chi connectivity index (χ3v) is 4.24. The summed E-state index contributed by atoms with van der Waals surface area (Å²) in [6.07, 6.45) is 2.49. The number of halogens is 1. The summed E-state index contributed by atoms with van der Waals surface area (Å²) in [5, 5.41) is 0. The highest BCUT2D eigenvalue weighted by atomic mass is 79.9. The average Bonchev–Trinajstić information content (AvgIpc) is 2.76. The van der Waals surface area contributed by atoms with Crippen LogP contribution in [0.2, 0.25) is 0 Å². The predicted octanol–water partition coefficient (Wildman–Crippen LogP) is 2.07. The molecule has 1 aromatic heterocycles. The molecule has 1 saturated heterocycles. The number of hydrogen-bond acceptors (Lipinski definition) is 4. The molecule has 2 rings (SSSR count). The lowest BCUT2D eigenvalue weighted by atomic mass is 10.0. The quantitative estimate of drug-likeness (QED) is 0.924. The van der Waals surface area contributed by atoms with E-state index >= 15 is 0 Å². The maximum Gasteiger partial charge on any atom is 0.169 e. The van der Waals surface area contributed by atoms with E-state index in [4.69, 9.17) is 10.2 Å². The second-order valence-corrected chi connectivity index (χ2v) is 5.90. The zero-order chi connectivity index (χ0) is 13.1. The van der Waals surface area contributed by atoms with Gasteiger partial charge in [-0.15, -0.1) is 0 Å². The van der Waals surface area contributed by atoms with Crippen molar-refractivity contribution in [2.24, 2.45) is 5.73 Å². The fourth-order valence-corrected chi connectivity index (χ4v) is 3.04. The van der Waals surface area contributed by atoms with Gasteiger partial charge < -0.3 is 15.1 Å². The molecule has 0 bridgehead atoms. The molecular formula is C13H22BrN3O. The van der Waals surface area contributed by atoms with Crippen LogP contribution in [0.15, 0.2) is 21.2 Å². The molecule has 2 N–H and O–H groups in total. The molecule has 2 heterocycles. The summed E-state index contributed by atoms with van der Waals surface area (Å²) in [6.45, 7) is 2.88. The molecule has 0 saturated carbocycles. The Labute approximate surface area is 117 Å². The standard InChI is InChI=1S/C13H22BrN3O/c1-16-7-3-4-10(9-16)17(2)11(8-15)12-5-6-13(14)18-12/h5-6,10-11H,3-4,7-9,15H2,1-2H3. The van der Waals surface area contributed by atoms with Gasteiger partial charge in [0.05, 0.1) is 6.04 Å². The van der Waals surface area contributed by atoms with Gasteiger partial charge in [-0.3, -0.25) is 4.90 Å². The summed E-state index contributed by atoms with van der Waals surface area (Å²) < 4.78 is 6.43. The summed E-state index contributed by atoms with van der Waals surface area (Å²) >= 11 is 3.35. The molecule has 5 heteroatoms. The highest BCUT2D eigenvalue weighted by molar-refractivity contribution is 9.10. The van der Waals surface area contributed by atoms with Crippen molar-refractivity contribution >= 4 is 15.9 Å². The van der Waals surface area contributed by atoms with Crippen molar-refractivity contribution in [1.82, 2.24) is 9.80 Å². The zero-order valence-corrected chi connectivity index (χ0v) is 12.7. The molecule has 1 aliphatic rings. The third kappa shape index (κ3) is 3.15. The molecule has 2 unspecified atom stereocenters. The Morgan fingerprint density at radius 2 is 2.39 bits per heavy atom. The first-order valence-corrected chi connectivity index (χ1v) is 7.27. The smallest absolute Gasteiger partial charge is 0.169 e. The van der Waals surface area contributed by atoms with Crippen molar-refractivity contribution in [2.75, 3.05) is 33.7 Å². The Balaban J connectivity index is 2.07. The van der Waals surface area contributed by atoms with Gasteiger partial charge in [-0.05, 0) is 61.5 Å². The number of likely N-dealkylation sites (tertiary alicyclic amines) is 1. The first kappa shape index (κ1) is 14.1. The van der Waals surface area contributed by atoms with Gasteiger partial charge in [0, 0.05) is 19.1 Å². The third-order valence-electron chi connectivity index (χ3n) is 3.81. The van der Waals surface area contributed by atoms with Crippen LogP contribution < -0.4 is 5.73 Å².